The van der Waals surface area contributed by atoms with E-state index in [2.05, 4.69) is 26.6 Å². The summed E-state index contributed by atoms with van der Waals surface area (Å²) >= 11 is 0. The van der Waals surface area contributed by atoms with Gasteiger partial charge in [0.25, 0.3) is 0 Å². The van der Waals surface area contributed by atoms with Gasteiger partial charge >= 0.3 is 0 Å². The number of nitrogens with zero attached hydrogens (tertiary/aromatic N) is 4. The molecule has 0 N–H and O–H groups in total. The van der Waals surface area contributed by atoms with Crippen molar-refractivity contribution in [1.82, 2.24) is 19.7 Å². The Morgan fingerprint density at radius 1 is 1.23 bits per heavy atom. The van der Waals surface area contributed by atoms with Crippen molar-refractivity contribution in [3.63, 3.8) is 0 Å². The lowest BCUT2D eigenvalue weighted by atomic mass is 9.87. The minimum atomic E-state index is 0.381. The Balaban J connectivity index is 1.48. The molecule has 2 heterocycles. The molecule has 1 aliphatic heterocycles. The van der Waals surface area contributed by atoms with Crippen LogP contribution in [-0.2, 0) is 17.8 Å². The molecular formula is C17H28N4O. The first kappa shape index (κ1) is 15.5. The largest absolute Gasteiger partial charge is 0.342 e. The van der Waals surface area contributed by atoms with Crippen LogP contribution in [0.15, 0.2) is 6.33 Å². The molecule has 5 heteroatoms. The lowest BCUT2D eigenvalue weighted by Crippen LogP contribution is -2.31. The van der Waals surface area contributed by atoms with Gasteiger partial charge in [0.05, 0.1) is 0 Å². The van der Waals surface area contributed by atoms with Crippen LogP contribution in [0.1, 0.15) is 57.7 Å². The van der Waals surface area contributed by atoms with Gasteiger partial charge < -0.3 is 9.47 Å². The molecule has 0 spiro atoms. The maximum atomic E-state index is 12.5. The van der Waals surface area contributed by atoms with Gasteiger partial charge in [-0.25, -0.2) is 0 Å². The molecule has 1 aromatic rings. The summed E-state index contributed by atoms with van der Waals surface area (Å²) < 4.78 is 2.10. The van der Waals surface area contributed by atoms with E-state index < -0.39 is 0 Å². The highest BCUT2D eigenvalue weighted by atomic mass is 16.2. The van der Waals surface area contributed by atoms with Crippen LogP contribution in [0.5, 0.6) is 0 Å². The van der Waals surface area contributed by atoms with E-state index in [0.717, 1.165) is 44.7 Å². The molecule has 22 heavy (non-hydrogen) atoms. The lowest BCUT2D eigenvalue weighted by Gasteiger charge is -2.24. The third-order valence-corrected chi connectivity index (χ3v) is 5.33. The predicted octanol–water partition coefficient (Wildman–Crippen LogP) is 2.66. The number of carbonyl (C=O) groups excluding carboxylic acids is 1. The van der Waals surface area contributed by atoms with Gasteiger partial charge in [-0.1, -0.05) is 19.3 Å². The van der Waals surface area contributed by atoms with Crippen LogP contribution < -0.4 is 0 Å². The summed E-state index contributed by atoms with van der Waals surface area (Å²) in [6, 6.07) is 0. The van der Waals surface area contributed by atoms with Crippen molar-refractivity contribution >= 4 is 5.91 Å². The average Bonchev–Trinajstić information content (AvgIpc) is 3.18. The number of likely N-dealkylation sites (tertiary alicyclic amines) is 1. The molecule has 2 fully saturated rings. The molecule has 1 saturated carbocycles. The number of carbonyl (C=O) groups is 1. The second-order valence-corrected chi connectivity index (χ2v) is 6.94. The van der Waals surface area contributed by atoms with Gasteiger partial charge in [0, 0.05) is 32.5 Å². The van der Waals surface area contributed by atoms with Crippen LogP contribution in [0.2, 0.25) is 0 Å². The van der Waals surface area contributed by atoms with E-state index in [0.29, 0.717) is 17.7 Å². The molecule has 3 rings (SSSR count). The Hall–Kier alpha value is -1.39. The van der Waals surface area contributed by atoms with Crippen molar-refractivity contribution in [3.8, 4) is 0 Å². The quantitative estimate of drug-likeness (QED) is 0.840. The van der Waals surface area contributed by atoms with Gasteiger partial charge in [-0.2, -0.15) is 0 Å². The molecule has 0 radical (unpaired) electrons. The number of hydrogen-bond acceptors (Lipinski definition) is 3. The van der Waals surface area contributed by atoms with Crippen molar-refractivity contribution in [1.29, 1.82) is 0 Å². The Morgan fingerprint density at radius 3 is 2.82 bits per heavy atom. The zero-order chi connectivity index (χ0) is 15.4. The molecule has 122 valence electrons. The molecule has 1 aliphatic carbocycles. The maximum Gasteiger partial charge on any atom is 0.222 e. The molecular weight excluding hydrogens is 276 g/mol. The Kier molecular flexibility index (Phi) is 5.11. The number of hydrogen-bond donors (Lipinski definition) is 0. The Bertz CT molecular complexity index is 493. The van der Waals surface area contributed by atoms with Crippen LogP contribution in [0, 0.1) is 11.8 Å². The predicted molar refractivity (Wildman–Crippen MR) is 85.3 cm³/mol. The smallest absolute Gasteiger partial charge is 0.222 e. The van der Waals surface area contributed by atoms with E-state index >= 15 is 0 Å². The van der Waals surface area contributed by atoms with Gasteiger partial charge in [0.2, 0.25) is 5.91 Å². The van der Waals surface area contributed by atoms with Crippen molar-refractivity contribution in [2.24, 2.45) is 11.8 Å². The van der Waals surface area contributed by atoms with E-state index in [1.165, 1.54) is 32.1 Å². The topological polar surface area (TPSA) is 51.0 Å². The normalized spacial score (nSPS) is 23.1. The molecule has 1 unspecified atom stereocenters. The highest BCUT2D eigenvalue weighted by Crippen LogP contribution is 2.28. The number of aryl methyl sites for hydroxylation is 1. The van der Waals surface area contributed by atoms with E-state index in [9.17, 15) is 4.79 Å². The molecule has 1 atom stereocenters. The zero-order valence-corrected chi connectivity index (χ0v) is 13.7. The number of aromatic nitrogens is 3. The average molecular weight is 304 g/mol. The lowest BCUT2D eigenvalue weighted by molar-refractivity contribution is -0.131. The van der Waals surface area contributed by atoms with Gasteiger partial charge in [-0.05, 0) is 38.0 Å². The molecule has 1 amide bonds. The van der Waals surface area contributed by atoms with E-state index in [1.807, 2.05) is 0 Å². The first-order valence-electron chi connectivity index (χ1n) is 8.90. The van der Waals surface area contributed by atoms with Crippen LogP contribution >= 0.6 is 0 Å². The first-order valence-corrected chi connectivity index (χ1v) is 8.90. The van der Waals surface area contributed by atoms with Crippen LogP contribution in [0.25, 0.3) is 0 Å². The first-order chi connectivity index (χ1) is 10.8. The van der Waals surface area contributed by atoms with Crippen molar-refractivity contribution in [2.45, 2.75) is 64.8 Å². The summed E-state index contributed by atoms with van der Waals surface area (Å²) in [5.41, 5.74) is 0. The molecule has 2 aliphatic rings. The molecule has 5 nitrogen and oxygen atoms in total. The monoisotopic (exact) mass is 304 g/mol. The summed E-state index contributed by atoms with van der Waals surface area (Å²) in [5, 5.41) is 8.22. The second-order valence-electron chi connectivity index (χ2n) is 6.94. The van der Waals surface area contributed by atoms with E-state index in [1.54, 1.807) is 6.33 Å². The SMILES string of the molecule is CCn1cnnc1CC1CCN(C(=O)CC2CCCCC2)C1. The molecule has 0 bridgehead atoms. The fraction of sp³-hybridized carbons (Fsp3) is 0.824. The zero-order valence-electron chi connectivity index (χ0n) is 13.7. The van der Waals surface area contributed by atoms with Crippen LogP contribution in [0.4, 0.5) is 0 Å². The van der Waals surface area contributed by atoms with Crippen LogP contribution in [0.3, 0.4) is 0 Å². The van der Waals surface area contributed by atoms with Gasteiger partial charge in [-0.3, -0.25) is 4.79 Å². The Labute approximate surface area is 133 Å². The highest BCUT2D eigenvalue weighted by Gasteiger charge is 2.29. The minimum absolute atomic E-state index is 0.381. The molecule has 0 aromatic carbocycles. The highest BCUT2D eigenvalue weighted by molar-refractivity contribution is 5.76. The molecule has 1 aromatic heterocycles. The molecule has 1 saturated heterocycles. The van der Waals surface area contributed by atoms with Crippen molar-refractivity contribution in [3.05, 3.63) is 12.2 Å². The summed E-state index contributed by atoms with van der Waals surface area (Å²) in [7, 11) is 0. The van der Waals surface area contributed by atoms with Crippen molar-refractivity contribution in [2.75, 3.05) is 13.1 Å². The third kappa shape index (κ3) is 3.68. The van der Waals surface area contributed by atoms with Gasteiger partial charge in [-0.15, -0.1) is 10.2 Å². The second kappa shape index (κ2) is 7.25. The van der Waals surface area contributed by atoms with Crippen LogP contribution in [-0.4, -0.2) is 38.7 Å². The van der Waals surface area contributed by atoms with E-state index in [4.69, 9.17) is 0 Å². The van der Waals surface area contributed by atoms with Crippen molar-refractivity contribution < 1.29 is 4.79 Å². The fourth-order valence-electron chi connectivity index (χ4n) is 3.95. The van der Waals surface area contributed by atoms with Gasteiger partial charge in [0.15, 0.2) is 0 Å². The minimum Gasteiger partial charge on any atom is -0.342 e. The summed E-state index contributed by atoms with van der Waals surface area (Å²) in [6.45, 7) is 4.86. The van der Waals surface area contributed by atoms with Gasteiger partial charge in [0.1, 0.15) is 12.2 Å². The number of rotatable bonds is 5. The standard InChI is InChI=1S/C17H28N4O/c1-2-20-13-18-19-16(20)10-15-8-9-21(12-15)17(22)11-14-6-4-3-5-7-14/h13-15H,2-12H2,1H3. The summed E-state index contributed by atoms with van der Waals surface area (Å²) in [5.74, 6) is 2.63. The summed E-state index contributed by atoms with van der Waals surface area (Å²) in [4.78, 5) is 14.6. The van der Waals surface area contributed by atoms with E-state index in [-0.39, 0.29) is 0 Å². The maximum absolute atomic E-state index is 12.5. The Morgan fingerprint density at radius 2 is 2.05 bits per heavy atom. The number of amides is 1. The third-order valence-electron chi connectivity index (χ3n) is 5.33. The fourth-order valence-corrected chi connectivity index (χ4v) is 3.95. The summed E-state index contributed by atoms with van der Waals surface area (Å²) in [6.07, 6.45) is 11.1.